The van der Waals surface area contributed by atoms with Crippen molar-refractivity contribution in [2.24, 2.45) is 0 Å². The minimum absolute atomic E-state index is 0.163. The zero-order valence-corrected chi connectivity index (χ0v) is 16.6. The number of hydrogen-bond acceptors (Lipinski definition) is 5. The molecule has 0 radical (unpaired) electrons. The maximum Gasteiger partial charge on any atom is 0.240 e. The van der Waals surface area contributed by atoms with Crippen LogP contribution in [-0.2, 0) is 11.2 Å². The Morgan fingerprint density at radius 3 is 2.70 bits per heavy atom. The predicted octanol–water partition coefficient (Wildman–Crippen LogP) is 4.30. The minimum Gasteiger partial charge on any atom is -0.341 e. The molecule has 4 rings (SSSR count). The van der Waals surface area contributed by atoms with Gasteiger partial charge in [-0.3, -0.25) is 9.89 Å². The van der Waals surface area contributed by atoms with Crippen LogP contribution in [0.4, 0.5) is 0 Å². The van der Waals surface area contributed by atoms with Crippen molar-refractivity contribution in [3.8, 4) is 0 Å². The van der Waals surface area contributed by atoms with Crippen LogP contribution in [0.25, 0.3) is 0 Å². The highest BCUT2D eigenvalue weighted by Crippen LogP contribution is 2.35. The number of aromatic amines is 1. The first-order valence-electron chi connectivity index (χ1n) is 9.23. The third kappa shape index (κ3) is 4.59. The molecule has 1 aliphatic rings. The molecule has 0 saturated carbocycles. The number of carbonyl (C=O) groups excluding carboxylic acids is 1. The number of thioether (sulfide) groups is 1. The molecule has 0 bridgehead atoms. The predicted molar refractivity (Wildman–Crippen MR) is 109 cm³/mol. The van der Waals surface area contributed by atoms with Crippen LogP contribution < -0.4 is 0 Å². The van der Waals surface area contributed by atoms with Crippen molar-refractivity contribution in [2.75, 3.05) is 13.1 Å². The highest BCUT2D eigenvalue weighted by Gasteiger charge is 2.29. The second-order valence-electron chi connectivity index (χ2n) is 6.62. The molecule has 1 atom stereocenters. The number of aromatic nitrogens is 3. The van der Waals surface area contributed by atoms with Gasteiger partial charge in [0, 0.05) is 24.4 Å². The van der Waals surface area contributed by atoms with E-state index in [-0.39, 0.29) is 11.2 Å². The van der Waals surface area contributed by atoms with E-state index in [9.17, 15) is 4.79 Å². The van der Waals surface area contributed by atoms with Gasteiger partial charge in [-0.15, -0.1) is 16.4 Å². The third-order valence-electron chi connectivity index (χ3n) is 4.65. The van der Waals surface area contributed by atoms with Crippen molar-refractivity contribution in [1.82, 2.24) is 20.1 Å². The van der Waals surface area contributed by atoms with Crippen LogP contribution in [0.1, 0.15) is 40.8 Å². The normalized spacial score (nSPS) is 15.6. The van der Waals surface area contributed by atoms with Crippen molar-refractivity contribution < 1.29 is 4.79 Å². The van der Waals surface area contributed by atoms with Crippen LogP contribution in [0.3, 0.4) is 0 Å². The van der Waals surface area contributed by atoms with Crippen LogP contribution in [0.15, 0.2) is 53.0 Å². The Kier molecular flexibility index (Phi) is 5.89. The summed E-state index contributed by atoms with van der Waals surface area (Å²) >= 11 is 3.14. The minimum atomic E-state index is -0.310. The largest absolute Gasteiger partial charge is 0.341 e. The average molecular weight is 399 g/mol. The second kappa shape index (κ2) is 8.71. The molecule has 0 aliphatic carbocycles. The smallest absolute Gasteiger partial charge is 0.240 e. The van der Waals surface area contributed by atoms with E-state index < -0.39 is 0 Å². The monoisotopic (exact) mass is 398 g/mol. The molecule has 3 aromatic rings. The number of hydrogen-bond donors (Lipinski definition) is 1. The summed E-state index contributed by atoms with van der Waals surface area (Å²) in [6, 6.07) is 14.1. The number of likely N-dealkylation sites (tertiary alicyclic amines) is 1. The van der Waals surface area contributed by atoms with Crippen LogP contribution in [0, 0.1) is 0 Å². The molecule has 1 N–H and O–H groups in total. The van der Waals surface area contributed by atoms with Crippen molar-refractivity contribution in [3.63, 3.8) is 0 Å². The Labute approximate surface area is 167 Å². The fourth-order valence-corrected chi connectivity index (χ4v) is 4.99. The summed E-state index contributed by atoms with van der Waals surface area (Å²) in [5.41, 5.74) is 1.00. The number of nitrogens with one attached hydrogen (secondary N) is 1. The van der Waals surface area contributed by atoms with E-state index in [0.29, 0.717) is 5.16 Å². The van der Waals surface area contributed by atoms with E-state index >= 15 is 0 Å². The van der Waals surface area contributed by atoms with Gasteiger partial charge < -0.3 is 4.90 Å². The first-order valence-corrected chi connectivity index (χ1v) is 11.0. The molecule has 1 saturated heterocycles. The van der Waals surface area contributed by atoms with Gasteiger partial charge in [-0.25, -0.2) is 4.98 Å². The lowest BCUT2D eigenvalue weighted by molar-refractivity contribution is -0.131. The first kappa shape index (κ1) is 18.3. The summed E-state index contributed by atoms with van der Waals surface area (Å²) in [7, 11) is 0. The Morgan fingerprint density at radius 1 is 1.15 bits per heavy atom. The van der Waals surface area contributed by atoms with E-state index in [4.69, 9.17) is 0 Å². The van der Waals surface area contributed by atoms with E-state index in [2.05, 4.69) is 26.6 Å². The fraction of sp³-hybridized carbons (Fsp3) is 0.350. The number of nitrogens with zero attached hydrogens (tertiary/aromatic N) is 3. The number of thiophene rings is 1. The lowest BCUT2D eigenvalue weighted by atomic mass is 10.1. The standard InChI is InChI=1S/C20H22N4OS2/c25-19(24-11-5-2-6-12-24)18(15-8-3-1-4-9-15)27-20-21-17(22-23-20)14-16-10-7-13-26-16/h1,3-4,7-10,13,18H,2,5-6,11-12,14H2,(H,21,22,23)/t18-/m1/s1. The van der Waals surface area contributed by atoms with Gasteiger partial charge in [0.25, 0.3) is 0 Å². The molecular weight excluding hydrogens is 376 g/mol. The van der Waals surface area contributed by atoms with Crippen molar-refractivity contribution in [3.05, 3.63) is 64.1 Å². The van der Waals surface area contributed by atoms with Gasteiger partial charge in [0.2, 0.25) is 11.1 Å². The Morgan fingerprint density at radius 2 is 1.96 bits per heavy atom. The van der Waals surface area contributed by atoms with Crippen LogP contribution in [0.2, 0.25) is 0 Å². The number of benzene rings is 1. The van der Waals surface area contributed by atoms with Gasteiger partial charge in [-0.1, -0.05) is 48.2 Å². The number of carbonyl (C=O) groups is 1. The Balaban J connectivity index is 1.52. The van der Waals surface area contributed by atoms with Gasteiger partial charge in [0.1, 0.15) is 11.1 Å². The molecular formula is C20H22N4OS2. The topological polar surface area (TPSA) is 61.9 Å². The maximum absolute atomic E-state index is 13.2. The zero-order valence-electron chi connectivity index (χ0n) is 15.0. The lowest BCUT2D eigenvalue weighted by Crippen LogP contribution is -2.38. The Hall–Kier alpha value is -2.12. The molecule has 1 fully saturated rings. The molecule has 5 nitrogen and oxygen atoms in total. The number of rotatable bonds is 6. The number of amides is 1. The Bertz CT molecular complexity index is 857. The van der Waals surface area contributed by atoms with Gasteiger partial charge in [-0.05, 0) is 36.3 Å². The summed E-state index contributed by atoms with van der Waals surface area (Å²) < 4.78 is 0. The van der Waals surface area contributed by atoms with Crippen LogP contribution >= 0.6 is 23.1 Å². The van der Waals surface area contributed by atoms with Crippen molar-refractivity contribution >= 4 is 29.0 Å². The summed E-state index contributed by atoms with van der Waals surface area (Å²) in [4.78, 5) is 21.1. The molecule has 3 heterocycles. The van der Waals surface area contributed by atoms with Crippen LogP contribution in [0.5, 0.6) is 0 Å². The van der Waals surface area contributed by atoms with E-state index in [1.54, 1.807) is 11.3 Å². The molecule has 7 heteroatoms. The summed E-state index contributed by atoms with van der Waals surface area (Å²) in [5, 5.41) is 9.74. The molecule has 27 heavy (non-hydrogen) atoms. The number of H-pyrrole nitrogens is 1. The summed E-state index contributed by atoms with van der Waals surface area (Å²) in [5.74, 6) is 0.993. The van der Waals surface area contributed by atoms with Gasteiger partial charge in [0.15, 0.2) is 0 Å². The van der Waals surface area contributed by atoms with Crippen molar-refractivity contribution in [2.45, 2.75) is 36.1 Å². The zero-order chi connectivity index (χ0) is 18.5. The molecule has 1 amide bonds. The fourth-order valence-electron chi connectivity index (χ4n) is 3.26. The highest BCUT2D eigenvalue weighted by atomic mass is 32.2. The molecule has 0 unspecified atom stereocenters. The van der Waals surface area contributed by atoms with Gasteiger partial charge >= 0.3 is 0 Å². The van der Waals surface area contributed by atoms with E-state index in [1.165, 1.54) is 23.1 Å². The van der Waals surface area contributed by atoms with E-state index in [1.807, 2.05) is 41.3 Å². The van der Waals surface area contributed by atoms with Gasteiger partial charge in [0.05, 0.1) is 0 Å². The molecule has 140 valence electrons. The van der Waals surface area contributed by atoms with Crippen LogP contribution in [-0.4, -0.2) is 39.1 Å². The van der Waals surface area contributed by atoms with Crippen molar-refractivity contribution in [1.29, 1.82) is 0 Å². The number of piperidine rings is 1. The molecule has 2 aromatic heterocycles. The molecule has 0 spiro atoms. The summed E-state index contributed by atoms with van der Waals surface area (Å²) in [6.45, 7) is 1.70. The quantitative estimate of drug-likeness (QED) is 0.629. The van der Waals surface area contributed by atoms with E-state index in [0.717, 1.165) is 43.7 Å². The maximum atomic E-state index is 13.2. The first-order chi connectivity index (χ1) is 13.3. The molecule has 1 aliphatic heterocycles. The average Bonchev–Trinajstić information content (AvgIpc) is 3.39. The summed E-state index contributed by atoms with van der Waals surface area (Å²) in [6.07, 6.45) is 4.12. The van der Waals surface area contributed by atoms with Gasteiger partial charge in [-0.2, -0.15) is 0 Å². The third-order valence-corrected chi connectivity index (χ3v) is 6.63. The molecule has 1 aromatic carbocycles. The SMILES string of the molecule is O=C([C@H](Sc1n[nH]c(Cc2cccs2)n1)c1ccccc1)N1CCCCC1. The lowest BCUT2D eigenvalue weighted by Gasteiger charge is -2.30. The second-order valence-corrected chi connectivity index (χ2v) is 8.72. The highest BCUT2D eigenvalue weighted by molar-refractivity contribution is 8.00.